The highest BCUT2D eigenvalue weighted by atomic mass is 16.5. The van der Waals surface area contributed by atoms with Gasteiger partial charge in [0.25, 0.3) is 5.91 Å². The van der Waals surface area contributed by atoms with Crippen molar-refractivity contribution in [2.24, 2.45) is 0 Å². The van der Waals surface area contributed by atoms with E-state index in [4.69, 9.17) is 9.47 Å². The van der Waals surface area contributed by atoms with Crippen LogP contribution in [-0.4, -0.2) is 12.5 Å². The average molecular weight is 412 g/mol. The third kappa shape index (κ3) is 5.04. The predicted octanol–water partition coefficient (Wildman–Crippen LogP) is 5.75. The number of ether oxygens (including phenoxy) is 2. The van der Waals surface area contributed by atoms with Gasteiger partial charge >= 0.3 is 0 Å². The van der Waals surface area contributed by atoms with Gasteiger partial charge in [0.1, 0.15) is 18.1 Å². The number of rotatable bonds is 8. The lowest BCUT2D eigenvalue weighted by molar-refractivity contribution is 0.0950. The van der Waals surface area contributed by atoms with Gasteiger partial charge in [-0.3, -0.25) is 4.79 Å². The van der Waals surface area contributed by atoms with Crippen LogP contribution in [0, 0.1) is 0 Å². The fourth-order valence-electron chi connectivity index (χ4n) is 3.49. The summed E-state index contributed by atoms with van der Waals surface area (Å²) in [4.78, 5) is 12.7. The highest BCUT2D eigenvalue weighted by Crippen LogP contribution is 2.28. The van der Waals surface area contributed by atoms with Gasteiger partial charge in [0.15, 0.2) is 0 Å². The average Bonchev–Trinajstić information content (AvgIpc) is 2.82. The van der Waals surface area contributed by atoms with E-state index in [2.05, 4.69) is 17.4 Å². The summed E-state index contributed by atoms with van der Waals surface area (Å²) in [6.07, 6.45) is 0. The Kier molecular flexibility index (Phi) is 6.48. The molecular formula is C27H25NO3. The Labute approximate surface area is 182 Å². The normalized spacial score (nSPS) is 10.6. The maximum absolute atomic E-state index is 12.7. The van der Waals surface area contributed by atoms with Crippen molar-refractivity contribution in [3.63, 3.8) is 0 Å². The van der Waals surface area contributed by atoms with Crippen LogP contribution >= 0.6 is 0 Å². The zero-order valence-electron chi connectivity index (χ0n) is 17.5. The van der Waals surface area contributed by atoms with E-state index in [1.807, 2.05) is 79.7 Å². The highest BCUT2D eigenvalue weighted by Gasteiger charge is 2.12. The molecule has 0 unspecified atom stereocenters. The Bertz CT molecular complexity index is 1170. The fraction of sp³-hybridized carbons (Fsp3) is 0.148. The fourth-order valence-corrected chi connectivity index (χ4v) is 3.49. The molecule has 0 aliphatic carbocycles. The van der Waals surface area contributed by atoms with Crippen LogP contribution in [0.4, 0.5) is 0 Å². The van der Waals surface area contributed by atoms with Gasteiger partial charge in [-0.2, -0.15) is 0 Å². The van der Waals surface area contributed by atoms with E-state index in [-0.39, 0.29) is 5.91 Å². The number of hydrogen-bond acceptors (Lipinski definition) is 3. The number of benzene rings is 4. The van der Waals surface area contributed by atoms with E-state index in [1.165, 1.54) is 0 Å². The van der Waals surface area contributed by atoms with Gasteiger partial charge < -0.3 is 14.8 Å². The van der Waals surface area contributed by atoms with Gasteiger partial charge in [0, 0.05) is 23.1 Å². The summed E-state index contributed by atoms with van der Waals surface area (Å²) in [5.74, 6) is 1.40. The molecule has 0 atom stereocenters. The van der Waals surface area contributed by atoms with Crippen LogP contribution in [0.1, 0.15) is 28.4 Å². The maximum atomic E-state index is 12.7. The first-order chi connectivity index (χ1) is 15.2. The van der Waals surface area contributed by atoms with Gasteiger partial charge in [0.05, 0.1) is 6.61 Å². The molecule has 0 aromatic heterocycles. The second kappa shape index (κ2) is 9.81. The van der Waals surface area contributed by atoms with Crippen LogP contribution in [0.2, 0.25) is 0 Å². The van der Waals surface area contributed by atoms with E-state index in [0.29, 0.717) is 25.3 Å². The Morgan fingerprint density at radius 3 is 2.42 bits per heavy atom. The van der Waals surface area contributed by atoms with Crippen LogP contribution in [0.3, 0.4) is 0 Å². The van der Waals surface area contributed by atoms with E-state index < -0.39 is 0 Å². The Balaban J connectivity index is 1.52. The number of carbonyl (C=O) groups excluding carboxylic acids is 1. The number of hydrogen-bond donors (Lipinski definition) is 1. The summed E-state index contributed by atoms with van der Waals surface area (Å²) in [6.45, 7) is 3.27. The summed E-state index contributed by atoms with van der Waals surface area (Å²) < 4.78 is 11.9. The lowest BCUT2D eigenvalue weighted by atomic mass is 10.1. The molecule has 0 fully saturated rings. The van der Waals surface area contributed by atoms with Crippen molar-refractivity contribution < 1.29 is 14.3 Å². The minimum atomic E-state index is -0.127. The molecule has 1 amide bonds. The van der Waals surface area contributed by atoms with Crippen molar-refractivity contribution in [3.8, 4) is 11.5 Å². The second-order valence-corrected chi connectivity index (χ2v) is 7.19. The molecular weight excluding hydrogens is 386 g/mol. The molecule has 0 saturated carbocycles. The quantitative estimate of drug-likeness (QED) is 0.402. The second-order valence-electron chi connectivity index (χ2n) is 7.19. The van der Waals surface area contributed by atoms with Gasteiger partial charge in [-0.15, -0.1) is 0 Å². The molecule has 0 bridgehead atoms. The zero-order valence-corrected chi connectivity index (χ0v) is 17.5. The molecule has 4 aromatic carbocycles. The molecule has 0 radical (unpaired) electrons. The van der Waals surface area contributed by atoms with Crippen LogP contribution in [0.15, 0.2) is 91.0 Å². The molecule has 4 heteroatoms. The first kappa shape index (κ1) is 20.5. The Hall–Kier alpha value is -3.79. The summed E-state index contributed by atoms with van der Waals surface area (Å²) >= 11 is 0. The molecule has 0 saturated heterocycles. The van der Waals surface area contributed by atoms with E-state index in [9.17, 15) is 4.79 Å². The van der Waals surface area contributed by atoms with Gasteiger partial charge in [-0.1, -0.05) is 66.7 Å². The molecule has 0 aliphatic rings. The smallest absolute Gasteiger partial charge is 0.251 e. The Morgan fingerprint density at radius 1 is 0.806 bits per heavy atom. The summed E-state index contributed by atoms with van der Waals surface area (Å²) in [5.41, 5.74) is 2.47. The van der Waals surface area contributed by atoms with Gasteiger partial charge in [-0.25, -0.2) is 0 Å². The lowest BCUT2D eigenvalue weighted by Gasteiger charge is -2.14. The standard InChI is InChI=1S/C27H25NO3/c1-2-30-25-16-15-22(27(29)28-18-20-9-4-3-5-10-20)17-23(25)19-31-26-14-8-12-21-11-6-7-13-24(21)26/h3-17H,2,18-19H2,1H3,(H,28,29). The molecule has 4 aromatic rings. The minimum Gasteiger partial charge on any atom is -0.493 e. The largest absolute Gasteiger partial charge is 0.493 e. The molecule has 156 valence electrons. The van der Waals surface area contributed by atoms with Crippen molar-refractivity contribution in [2.45, 2.75) is 20.1 Å². The molecule has 4 nitrogen and oxygen atoms in total. The van der Waals surface area contributed by atoms with Crippen molar-refractivity contribution in [2.75, 3.05) is 6.61 Å². The molecule has 1 N–H and O–H groups in total. The number of carbonyl (C=O) groups is 1. The van der Waals surface area contributed by atoms with Crippen LogP contribution in [-0.2, 0) is 13.2 Å². The van der Waals surface area contributed by atoms with Crippen molar-refractivity contribution in [1.29, 1.82) is 0 Å². The topological polar surface area (TPSA) is 47.6 Å². The number of fused-ring (bicyclic) bond motifs is 1. The molecule has 0 spiro atoms. The zero-order chi connectivity index (χ0) is 21.5. The summed E-state index contributed by atoms with van der Waals surface area (Å²) in [7, 11) is 0. The van der Waals surface area contributed by atoms with Crippen LogP contribution < -0.4 is 14.8 Å². The highest BCUT2D eigenvalue weighted by molar-refractivity contribution is 5.94. The van der Waals surface area contributed by atoms with E-state index in [0.717, 1.165) is 33.4 Å². The van der Waals surface area contributed by atoms with E-state index >= 15 is 0 Å². The van der Waals surface area contributed by atoms with Crippen LogP contribution in [0.25, 0.3) is 10.8 Å². The first-order valence-corrected chi connectivity index (χ1v) is 10.4. The molecule has 0 aliphatic heterocycles. The predicted molar refractivity (Wildman–Crippen MR) is 124 cm³/mol. The maximum Gasteiger partial charge on any atom is 0.251 e. The summed E-state index contributed by atoms with van der Waals surface area (Å²) in [5, 5.41) is 5.15. The third-order valence-electron chi connectivity index (χ3n) is 5.05. The summed E-state index contributed by atoms with van der Waals surface area (Å²) in [6, 6.07) is 29.4. The minimum absolute atomic E-state index is 0.127. The van der Waals surface area contributed by atoms with E-state index in [1.54, 1.807) is 6.07 Å². The SMILES string of the molecule is CCOc1ccc(C(=O)NCc2ccccc2)cc1COc1cccc2ccccc12. The molecule has 31 heavy (non-hydrogen) atoms. The number of nitrogens with one attached hydrogen (secondary N) is 1. The van der Waals surface area contributed by atoms with Gasteiger partial charge in [-0.05, 0) is 42.1 Å². The van der Waals surface area contributed by atoms with Crippen molar-refractivity contribution in [1.82, 2.24) is 5.32 Å². The number of amides is 1. The van der Waals surface area contributed by atoms with Crippen molar-refractivity contribution >= 4 is 16.7 Å². The van der Waals surface area contributed by atoms with Crippen molar-refractivity contribution in [3.05, 3.63) is 108 Å². The monoisotopic (exact) mass is 411 g/mol. The Morgan fingerprint density at radius 2 is 1.58 bits per heavy atom. The molecule has 4 rings (SSSR count). The lowest BCUT2D eigenvalue weighted by Crippen LogP contribution is -2.23. The van der Waals surface area contributed by atoms with Crippen LogP contribution in [0.5, 0.6) is 11.5 Å². The third-order valence-corrected chi connectivity index (χ3v) is 5.05. The molecule has 0 heterocycles. The van der Waals surface area contributed by atoms with Gasteiger partial charge in [0.2, 0.25) is 0 Å². The first-order valence-electron chi connectivity index (χ1n) is 10.4.